The predicted octanol–water partition coefficient (Wildman–Crippen LogP) is 1.55. The lowest BCUT2D eigenvalue weighted by molar-refractivity contribution is 0.145. The summed E-state index contributed by atoms with van der Waals surface area (Å²) in [6.45, 7) is 9.34. The zero-order chi connectivity index (χ0) is 13.1. The Balaban J connectivity index is 3.67. The SMILES string of the molecule is CCOCCCNC(=S)NC(COC)C(C)C. The Morgan fingerprint density at radius 1 is 1.35 bits per heavy atom. The van der Waals surface area contributed by atoms with Crippen molar-refractivity contribution in [1.82, 2.24) is 10.6 Å². The number of thiocarbonyl (C=S) groups is 1. The van der Waals surface area contributed by atoms with Gasteiger partial charge in [0.25, 0.3) is 0 Å². The maximum atomic E-state index is 5.25. The molecule has 0 spiro atoms. The molecule has 1 atom stereocenters. The van der Waals surface area contributed by atoms with Gasteiger partial charge in [-0.25, -0.2) is 0 Å². The molecule has 0 rings (SSSR count). The van der Waals surface area contributed by atoms with Crippen molar-refractivity contribution < 1.29 is 9.47 Å². The van der Waals surface area contributed by atoms with E-state index in [1.807, 2.05) is 6.92 Å². The maximum absolute atomic E-state index is 5.25. The first-order valence-electron chi connectivity index (χ1n) is 6.22. The van der Waals surface area contributed by atoms with Crippen molar-refractivity contribution >= 4 is 17.3 Å². The average Bonchev–Trinajstić information content (AvgIpc) is 2.28. The minimum absolute atomic E-state index is 0.256. The molecule has 0 aromatic heterocycles. The van der Waals surface area contributed by atoms with Gasteiger partial charge in [0.15, 0.2) is 5.11 Å². The van der Waals surface area contributed by atoms with E-state index in [1.165, 1.54) is 0 Å². The molecule has 0 aromatic carbocycles. The van der Waals surface area contributed by atoms with E-state index in [9.17, 15) is 0 Å². The summed E-state index contributed by atoms with van der Waals surface area (Å²) in [7, 11) is 1.70. The van der Waals surface area contributed by atoms with Crippen LogP contribution in [0, 0.1) is 5.92 Å². The minimum Gasteiger partial charge on any atom is -0.383 e. The summed E-state index contributed by atoms with van der Waals surface area (Å²) in [5.41, 5.74) is 0. The van der Waals surface area contributed by atoms with E-state index in [4.69, 9.17) is 21.7 Å². The monoisotopic (exact) mass is 262 g/mol. The first-order valence-corrected chi connectivity index (χ1v) is 6.63. The number of ether oxygens (including phenoxy) is 2. The smallest absolute Gasteiger partial charge is 0.166 e. The Labute approximate surface area is 110 Å². The summed E-state index contributed by atoms with van der Waals surface area (Å²) in [6.07, 6.45) is 0.965. The highest BCUT2D eigenvalue weighted by molar-refractivity contribution is 7.80. The van der Waals surface area contributed by atoms with Crippen LogP contribution in [0.3, 0.4) is 0 Å². The minimum atomic E-state index is 0.256. The summed E-state index contributed by atoms with van der Waals surface area (Å²) in [6, 6.07) is 0.256. The number of hydrogen-bond acceptors (Lipinski definition) is 3. The maximum Gasteiger partial charge on any atom is 0.166 e. The number of methoxy groups -OCH3 is 1. The molecule has 0 radical (unpaired) electrons. The quantitative estimate of drug-likeness (QED) is 0.487. The van der Waals surface area contributed by atoms with Gasteiger partial charge in [-0.1, -0.05) is 13.8 Å². The van der Waals surface area contributed by atoms with Crippen LogP contribution in [0.1, 0.15) is 27.2 Å². The fourth-order valence-electron chi connectivity index (χ4n) is 1.32. The number of hydrogen-bond donors (Lipinski definition) is 2. The highest BCUT2D eigenvalue weighted by atomic mass is 32.1. The van der Waals surface area contributed by atoms with Gasteiger partial charge in [0.1, 0.15) is 0 Å². The number of nitrogens with one attached hydrogen (secondary N) is 2. The number of rotatable bonds is 9. The lowest BCUT2D eigenvalue weighted by atomic mass is 10.1. The van der Waals surface area contributed by atoms with Crippen molar-refractivity contribution in [1.29, 1.82) is 0 Å². The Bertz CT molecular complexity index is 201. The van der Waals surface area contributed by atoms with Gasteiger partial charge in [-0.15, -0.1) is 0 Å². The van der Waals surface area contributed by atoms with Crippen LogP contribution in [-0.4, -0.2) is 44.6 Å². The molecule has 5 heteroatoms. The zero-order valence-electron chi connectivity index (χ0n) is 11.4. The van der Waals surface area contributed by atoms with Crippen LogP contribution in [0.4, 0.5) is 0 Å². The lowest BCUT2D eigenvalue weighted by Gasteiger charge is -2.23. The molecule has 0 aliphatic rings. The van der Waals surface area contributed by atoms with Crippen molar-refractivity contribution in [2.45, 2.75) is 33.2 Å². The fourth-order valence-corrected chi connectivity index (χ4v) is 1.57. The zero-order valence-corrected chi connectivity index (χ0v) is 12.2. The fraction of sp³-hybridized carbons (Fsp3) is 0.917. The normalized spacial score (nSPS) is 12.5. The molecule has 1 unspecified atom stereocenters. The standard InChI is InChI=1S/C12H26N2O2S/c1-5-16-8-6-7-13-12(17)14-11(9-15-4)10(2)3/h10-11H,5-9H2,1-4H3,(H2,13,14,17). The van der Waals surface area contributed by atoms with Gasteiger partial charge in [-0.2, -0.15) is 0 Å². The van der Waals surface area contributed by atoms with Crippen LogP contribution < -0.4 is 10.6 Å². The van der Waals surface area contributed by atoms with E-state index in [2.05, 4.69) is 24.5 Å². The van der Waals surface area contributed by atoms with Crippen LogP contribution in [0.15, 0.2) is 0 Å². The van der Waals surface area contributed by atoms with Gasteiger partial charge in [-0.05, 0) is 31.5 Å². The van der Waals surface area contributed by atoms with Crippen LogP contribution in [0.2, 0.25) is 0 Å². The highest BCUT2D eigenvalue weighted by Gasteiger charge is 2.13. The van der Waals surface area contributed by atoms with E-state index >= 15 is 0 Å². The summed E-state index contributed by atoms with van der Waals surface area (Å²) < 4.78 is 10.4. The molecule has 0 aliphatic carbocycles. The van der Waals surface area contributed by atoms with E-state index in [0.29, 0.717) is 17.6 Å². The Kier molecular flexibility index (Phi) is 10.5. The summed E-state index contributed by atoms with van der Waals surface area (Å²) in [5.74, 6) is 0.484. The van der Waals surface area contributed by atoms with Gasteiger partial charge < -0.3 is 20.1 Å². The Morgan fingerprint density at radius 2 is 2.06 bits per heavy atom. The molecule has 0 aromatic rings. The van der Waals surface area contributed by atoms with Crippen molar-refractivity contribution in [3.05, 3.63) is 0 Å². The van der Waals surface area contributed by atoms with E-state index in [-0.39, 0.29) is 6.04 Å². The molecule has 0 saturated heterocycles. The lowest BCUT2D eigenvalue weighted by Crippen LogP contribution is -2.46. The molecule has 2 N–H and O–H groups in total. The third kappa shape index (κ3) is 9.32. The van der Waals surface area contributed by atoms with E-state index in [0.717, 1.165) is 26.2 Å². The summed E-state index contributed by atoms with van der Waals surface area (Å²) in [4.78, 5) is 0. The van der Waals surface area contributed by atoms with Gasteiger partial charge >= 0.3 is 0 Å². The molecule has 0 heterocycles. The molecule has 0 saturated carbocycles. The van der Waals surface area contributed by atoms with Gasteiger partial charge in [0, 0.05) is 26.9 Å². The predicted molar refractivity (Wildman–Crippen MR) is 75.3 cm³/mol. The van der Waals surface area contributed by atoms with Crippen molar-refractivity contribution in [2.24, 2.45) is 5.92 Å². The third-order valence-electron chi connectivity index (χ3n) is 2.42. The van der Waals surface area contributed by atoms with E-state index in [1.54, 1.807) is 7.11 Å². The topological polar surface area (TPSA) is 42.5 Å². The van der Waals surface area contributed by atoms with Gasteiger partial charge in [-0.3, -0.25) is 0 Å². The molecule has 17 heavy (non-hydrogen) atoms. The second kappa shape index (κ2) is 10.7. The molecular formula is C12H26N2O2S. The van der Waals surface area contributed by atoms with Crippen LogP contribution >= 0.6 is 12.2 Å². The summed E-state index contributed by atoms with van der Waals surface area (Å²) >= 11 is 5.22. The van der Waals surface area contributed by atoms with Gasteiger partial charge in [0.2, 0.25) is 0 Å². The van der Waals surface area contributed by atoms with Gasteiger partial charge in [0.05, 0.1) is 12.6 Å². The Hall–Kier alpha value is -0.390. The molecule has 102 valence electrons. The largest absolute Gasteiger partial charge is 0.383 e. The molecule has 0 amide bonds. The van der Waals surface area contributed by atoms with Crippen LogP contribution in [0.25, 0.3) is 0 Å². The Morgan fingerprint density at radius 3 is 2.59 bits per heavy atom. The van der Waals surface area contributed by atoms with Crippen LogP contribution in [-0.2, 0) is 9.47 Å². The van der Waals surface area contributed by atoms with Crippen molar-refractivity contribution in [3.8, 4) is 0 Å². The third-order valence-corrected chi connectivity index (χ3v) is 2.68. The second-order valence-electron chi connectivity index (χ2n) is 4.26. The molecular weight excluding hydrogens is 236 g/mol. The van der Waals surface area contributed by atoms with Crippen LogP contribution in [0.5, 0.6) is 0 Å². The molecule has 0 fully saturated rings. The first-order chi connectivity index (χ1) is 8.11. The summed E-state index contributed by atoms with van der Waals surface area (Å²) in [5, 5.41) is 7.12. The molecule has 0 aliphatic heterocycles. The second-order valence-corrected chi connectivity index (χ2v) is 4.66. The van der Waals surface area contributed by atoms with E-state index < -0.39 is 0 Å². The highest BCUT2D eigenvalue weighted by Crippen LogP contribution is 2.01. The average molecular weight is 262 g/mol. The molecule has 4 nitrogen and oxygen atoms in total. The van der Waals surface area contributed by atoms with Crippen molar-refractivity contribution in [2.75, 3.05) is 33.5 Å². The molecule has 0 bridgehead atoms. The first kappa shape index (κ1) is 16.6. The van der Waals surface area contributed by atoms with Crippen molar-refractivity contribution in [3.63, 3.8) is 0 Å².